The molecule has 3 saturated heterocycles. The molecule has 5 aliphatic heterocycles. The van der Waals surface area contributed by atoms with Crippen LogP contribution in [0.15, 0.2) is 67.0 Å². The number of nitrogens with one attached hydrogen (secondary N) is 4. The highest BCUT2D eigenvalue weighted by Gasteiger charge is 2.43. The molecule has 18 nitrogen and oxygen atoms in total. The molecule has 19 heteroatoms. The van der Waals surface area contributed by atoms with Gasteiger partial charge in [-0.25, -0.2) is 23.9 Å². The fourth-order valence-electron chi connectivity index (χ4n) is 12.1. The first-order valence-electron chi connectivity index (χ1n) is 26.2. The van der Waals surface area contributed by atoms with Crippen molar-refractivity contribution in [2.45, 2.75) is 122 Å². The predicted octanol–water partition coefficient (Wildman–Crippen LogP) is 9.13. The molecule has 0 spiro atoms. The number of hydrogen-bond acceptors (Lipinski definition) is 11. The SMILES string of the molecule is COC(=O)NC(C(=O)N1CCC[C@H]1c1ncc(-c2ccc3c(c2)cc2n3C(c3ccc4c(c3)OCCC4)Oc3cc(-c4cnc([C@@H]5CCCN5C(=O)[C@@H](NC(=O)OC)C(C)C)[nH]4)cc(F)c3-2)[nH]1)C1C[C@@H](C)O[C@@H](C)C1. The molecule has 394 valence electrons. The van der Waals surface area contributed by atoms with Crippen molar-refractivity contribution in [1.29, 1.82) is 0 Å². The number of methoxy groups -OCH3 is 2. The molecule has 3 unspecified atom stereocenters. The summed E-state index contributed by atoms with van der Waals surface area (Å²) in [6, 6.07) is 15.3. The highest BCUT2D eigenvalue weighted by Crippen LogP contribution is 2.48. The summed E-state index contributed by atoms with van der Waals surface area (Å²) in [5.41, 5.74) is 6.42. The number of fused-ring (bicyclic) bond motifs is 6. The first-order valence-corrected chi connectivity index (χ1v) is 26.2. The van der Waals surface area contributed by atoms with E-state index in [1.807, 2.05) is 67.5 Å². The zero-order chi connectivity index (χ0) is 52.2. The number of amides is 4. The molecule has 11 rings (SSSR count). The fourth-order valence-corrected chi connectivity index (χ4v) is 12.1. The Hall–Kier alpha value is -7.41. The summed E-state index contributed by atoms with van der Waals surface area (Å²) in [6.07, 6.45) is 7.31. The Kier molecular flexibility index (Phi) is 13.5. The van der Waals surface area contributed by atoms with Crippen LogP contribution in [0.3, 0.4) is 0 Å². The standard InChI is InChI=1S/C56H64FN9O9/c1-29(2)48(62-55(69)71-5)52(67)64-17-7-11-42(64)51-59-28-40(61-51)35-23-38(57)47-44-24-36-22-33(15-16-41(36)66(44)54(75-46(47)26-35)34-14-13-32-10-9-19-73-45(32)25-34)39-27-58-50(60-39)43-12-8-18-65(43)53(68)49(63-56(70)72-6)37-20-30(3)74-31(4)21-37/h13-16,22-31,37,42-43,48-49,54H,7-12,17-21H2,1-6H3,(H,58,60)(H,59,61)(H,62,69)(H,63,70)/t30-,31+,37?,42-,43-,48-,49?,54?/m0/s1. The van der Waals surface area contributed by atoms with Gasteiger partial charge >= 0.3 is 12.2 Å². The van der Waals surface area contributed by atoms with E-state index >= 15 is 4.39 Å². The van der Waals surface area contributed by atoms with Crippen molar-refractivity contribution < 1.29 is 47.3 Å². The Bertz CT molecular complexity index is 3160. The first-order chi connectivity index (χ1) is 36.3. The minimum atomic E-state index is -0.782. The number of hydrogen-bond donors (Lipinski definition) is 4. The summed E-state index contributed by atoms with van der Waals surface area (Å²) in [6.45, 7) is 9.36. The summed E-state index contributed by atoms with van der Waals surface area (Å²) in [5.74, 6) is 1.19. The van der Waals surface area contributed by atoms with Gasteiger partial charge in [0.25, 0.3) is 0 Å². The van der Waals surface area contributed by atoms with Gasteiger partial charge in [-0.15, -0.1) is 0 Å². The molecule has 3 fully saturated rings. The highest BCUT2D eigenvalue weighted by atomic mass is 19.1. The van der Waals surface area contributed by atoms with Crippen LogP contribution in [0.25, 0.3) is 44.7 Å². The van der Waals surface area contributed by atoms with Crippen LogP contribution < -0.4 is 20.1 Å². The molecule has 8 heterocycles. The van der Waals surface area contributed by atoms with Crippen molar-refractivity contribution in [2.75, 3.05) is 33.9 Å². The van der Waals surface area contributed by atoms with Gasteiger partial charge in [-0.1, -0.05) is 32.0 Å². The summed E-state index contributed by atoms with van der Waals surface area (Å²) >= 11 is 0. The summed E-state index contributed by atoms with van der Waals surface area (Å²) < 4.78 is 48.0. The van der Waals surface area contributed by atoms with Crippen molar-refractivity contribution in [3.05, 3.63) is 95.6 Å². The lowest BCUT2D eigenvalue weighted by Gasteiger charge is -2.38. The average Bonchev–Trinajstić information content (AvgIpc) is 4.31. The number of halogens is 1. The van der Waals surface area contributed by atoms with Gasteiger partial charge in [0.2, 0.25) is 18.0 Å². The third-order valence-electron chi connectivity index (χ3n) is 15.7. The largest absolute Gasteiger partial charge is 0.493 e. The van der Waals surface area contributed by atoms with Crippen molar-refractivity contribution in [3.8, 4) is 45.3 Å². The van der Waals surface area contributed by atoms with Crippen LogP contribution >= 0.6 is 0 Å². The maximum absolute atomic E-state index is 17.1. The molecular formula is C56H64FN9O9. The Morgan fingerprint density at radius 3 is 2.12 bits per heavy atom. The van der Waals surface area contributed by atoms with Gasteiger partial charge in [0.15, 0.2) is 0 Å². The maximum atomic E-state index is 17.1. The minimum Gasteiger partial charge on any atom is -0.493 e. The normalized spacial score (nSPS) is 22.9. The number of aromatic nitrogens is 5. The Labute approximate surface area is 434 Å². The number of alkyl carbamates (subject to hydrolysis) is 2. The molecule has 6 aromatic rings. The van der Waals surface area contributed by atoms with Crippen LogP contribution in [-0.4, -0.2) is 117 Å². The Morgan fingerprint density at radius 2 is 1.44 bits per heavy atom. The molecule has 5 aliphatic rings. The van der Waals surface area contributed by atoms with Crippen LogP contribution in [0.4, 0.5) is 14.0 Å². The number of imidazole rings is 2. The number of ether oxygens (including phenoxy) is 5. The number of rotatable bonds is 11. The number of aryl methyl sites for hydroxylation is 1. The van der Waals surface area contributed by atoms with E-state index < -0.39 is 36.3 Å². The zero-order valence-electron chi connectivity index (χ0n) is 43.1. The summed E-state index contributed by atoms with van der Waals surface area (Å²) in [5, 5.41) is 6.40. The fraction of sp³-hybridized carbons (Fsp3) is 0.464. The van der Waals surface area contributed by atoms with E-state index in [9.17, 15) is 19.2 Å². The van der Waals surface area contributed by atoms with Crippen molar-refractivity contribution in [2.24, 2.45) is 11.8 Å². The van der Waals surface area contributed by atoms with Gasteiger partial charge in [-0.05, 0) is 119 Å². The van der Waals surface area contributed by atoms with E-state index in [1.165, 1.54) is 20.3 Å². The Morgan fingerprint density at radius 1 is 0.773 bits per heavy atom. The van der Waals surface area contributed by atoms with E-state index in [2.05, 4.69) is 38.8 Å². The van der Waals surface area contributed by atoms with Crippen LogP contribution in [0.2, 0.25) is 0 Å². The lowest BCUT2D eigenvalue weighted by molar-refractivity contribution is -0.138. The second-order valence-electron chi connectivity index (χ2n) is 21.0. The zero-order valence-corrected chi connectivity index (χ0v) is 43.1. The lowest BCUT2D eigenvalue weighted by Crippen LogP contribution is -2.54. The quantitative estimate of drug-likeness (QED) is 0.0963. The summed E-state index contributed by atoms with van der Waals surface area (Å²) in [7, 11) is 2.57. The third kappa shape index (κ3) is 9.44. The van der Waals surface area contributed by atoms with Crippen LogP contribution in [0.1, 0.15) is 114 Å². The highest BCUT2D eigenvalue weighted by molar-refractivity contribution is 5.93. The van der Waals surface area contributed by atoms with E-state index in [-0.39, 0.29) is 47.9 Å². The van der Waals surface area contributed by atoms with Gasteiger partial charge in [0.05, 0.1) is 85.7 Å². The molecular weight excluding hydrogens is 962 g/mol. The van der Waals surface area contributed by atoms with Gasteiger partial charge in [0.1, 0.15) is 41.0 Å². The molecule has 8 atom stereocenters. The van der Waals surface area contributed by atoms with E-state index in [1.54, 1.807) is 17.3 Å². The van der Waals surface area contributed by atoms with Crippen molar-refractivity contribution in [3.63, 3.8) is 0 Å². The molecule has 75 heavy (non-hydrogen) atoms. The summed E-state index contributed by atoms with van der Waals surface area (Å²) in [4.78, 5) is 73.2. The van der Waals surface area contributed by atoms with E-state index in [0.717, 1.165) is 64.7 Å². The van der Waals surface area contributed by atoms with Crippen LogP contribution in [0.5, 0.6) is 11.5 Å². The van der Waals surface area contributed by atoms with Gasteiger partial charge in [-0.3, -0.25) is 9.59 Å². The van der Waals surface area contributed by atoms with Gasteiger partial charge < -0.3 is 58.7 Å². The smallest absolute Gasteiger partial charge is 0.407 e. The molecule has 3 aromatic carbocycles. The second kappa shape index (κ2) is 20.4. The Balaban J connectivity index is 0.908. The molecule has 4 N–H and O–H groups in total. The van der Waals surface area contributed by atoms with Crippen LogP contribution in [-0.2, 0) is 30.2 Å². The first kappa shape index (κ1) is 49.8. The number of likely N-dealkylation sites (tertiary alicyclic amines) is 2. The second-order valence-corrected chi connectivity index (χ2v) is 21.0. The number of aromatic amines is 2. The average molecular weight is 1030 g/mol. The molecule has 0 saturated carbocycles. The number of nitrogens with zero attached hydrogens (tertiary/aromatic N) is 5. The topological polar surface area (TPSA) is 207 Å². The molecule has 4 amide bonds. The van der Waals surface area contributed by atoms with Crippen LogP contribution in [0, 0.1) is 17.7 Å². The molecule has 0 radical (unpaired) electrons. The number of carbonyl (C=O) groups is 4. The third-order valence-corrected chi connectivity index (χ3v) is 15.7. The van der Waals surface area contributed by atoms with Crippen molar-refractivity contribution in [1.82, 2.24) is 44.9 Å². The van der Waals surface area contributed by atoms with E-state index in [4.69, 9.17) is 33.7 Å². The van der Waals surface area contributed by atoms with Crippen molar-refractivity contribution >= 4 is 34.9 Å². The number of carbonyl (C=O) groups excluding carboxylic acids is 4. The number of benzene rings is 3. The minimum absolute atomic E-state index is 0.0564. The number of H-pyrrole nitrogens is 2. The van der Waals surface area contributed by atoms with Gasteiger partial charge in [0, 0.05) is 35.2 Å². The molecule has 0 aliphatic carbocycles. The molecule has 3 aromatic heterocycles. The van der Waals surface area contributed by atoms with E-state index in [0.29, 0.717) is 85.3 Å². The van der Waals surface area contributed by atoms with Gasteiger partial charge in [-0.2, -0.15) is 0 Å². The maximum Gasteiger partial charge on any atom is 0.407 e. The predicted molar refractivity (Wildman–Crippen MR) is 275 cm³/mol. The lowest BCUT2D eigenvalue weighted by atomic mass is 9.85. The molecule has 0 bridgehead atoms. The monoisotopic (exact) mass is 1030 g/mol.